The minimum absolute atomic E-state index is 0.0149. The number of piperidine rings is 1. The Labute approximate surface area is 251 Å². The third-order valence-corrected chi connectivity index (χ3v) is 7.68. The molecule has 2 aromatic heterocycles. The second-order valence-electron chi connectivity index (χ2n) is 12.1. The van der Waals surface area contributed by atoms with Crippen LogP contribution in [-0.4, -0.2) is 79.7 Å². The molecule has 0 saturated carbocycles. The molecule has 5 rings (SSSR count). The third-order valence-electron chi connectivity index (χ3n) is 7.68. The fourth-order valence-electron chi connectivity index (χ4n) is 5.42. The van der Waals surface area contributed by atoms with E-state index in [1.165, 1.54) is 0 Å². The summed E-state index contributed by atoms with van der Waals surface area (Å²) in [6.45, 7) is 11.8. The van der Waals surface area contributed by atoms with Gasteiger partial charge in [-0.1, -0.05) is 6.07 Å². The highest BCUT2D eigenvalue weighted by atomic mass is 16.6. The SMILES string of the molecule is CC(=NC1CCN(C#N)CC1)/C(=N\N)c1cc(OC(C)c2ccccn2)c2c(c1)ncn2C1CN(C(=O)OC(C)(C)C)C1. The summed E-state index contributed by atoms with van der Waals surface area (Å²) in [6, 6.07) is 9.70. The molecule has 12 nitrogen and oxygen atoms in total. The van der Waals surface area contributed by atoms with Crippen molar-refractivity contribution in [3.05, 3.63) is 54.1 Å². The van der Waals surface area contributed by atoms with Gasteiger partial charge < -0.3 is 29.7 Å². The molecule has 1 unspecified atom stereocenters. The largest absolute Gasteiger partial charge is 0.482 e. The van der Waals surface area contributed by atoms with Crippen molar-refractivity contribution in [2.45, 2.75) is 71.2 Å². The van der Waals surface area contributed by atoms with E-state index in [-0.39, 0.29) is 24.3 Å². The van der Waals surface area contributed by atoms with E-state index >= 15 is 0 Å². The number of fused-ring (bicyclic) bond motifs is 1. The molecule has 43 heavy (non-hydrogen) atoms. The summed E-state index contributed by atoms with van der Waals surface area (Å²) in [5.74, 6) is 6.55. The number of carbonyl (C=O) groups is 1. The average molecular weight is 586 g/mol. The number of imidazole rings is 1. The Morgan fingerprint density at radius 1 is 1.19 bits per heavy atom. The summed E-state index contributed by atoms with van der Waals surface area (Å²) in [6.07, 6.45) is 6.66. The van der Waals surface area contributed by atoms with E-state index in [9.17, 15) is 10.1 Å². The maximum atomic E-state index is 12.6. The Kier molecular flexibility index (Phi) is 8.52. The summed E-state index contributed by atoms with van der Waals surface area (Å²) in [5, 5.41) is 13.3. The number of likely N-dealkylation sites (tertiary alicyclic amines) is 2. The van der Waals surface area contributed by atoms with Crippen LogP contribution >= 0.6 is 0 Å². The van der Waals surface area contributed by atoms with E-state index in [2.05, 4.69) is 20.8 Å². The van der Waals surface area contributed by atoms with Gasteiger partial charge in [-0.3, -0.25) is 9.98 Å². The zero-order chi connectivity index (χ0) is 30.7. The van der Waals surface area contributed by atoms with Crippen molar-refractivity contribution in [1.29, 1.82) is 5.26 Å². The summed E-state index contributed by atoms with van der Waals surface area (Å²) in [5.41, 5.74) is 3.77. The molecule has 2 aliphatic heterocycles. The molecule has 0 radical (unpaired) electrons. The Bertz CT molecular complexity index is 1550. The van der Waals surface area contributed by atoms with Crippen molar-refractivity contribution in [3.63, 3.8) is 0 Å². The maximum absolute atomic E-state index is 12.6. The number of nitrogens with zero attached hydrogens (tertiary/aromatic N) is 8. The average Bonchev–Trinajstić information content (AvgIpc) is 3.36. The van der Waals surface area contributed by atoms with Crippen LogP contribution in [0.5, 0.6) is 5.75 Å². The first-order valence-corrected chi connectivity index (χ1v) is 14.6. The Hall–Kier alpha value is -4.66. The van der Waals surface area contributed by atoms with Crippen LogP contribution in [0.1, 0.15) is 70.9 Å². The van der Waals surface area contributed by atoms with E-state index in [0.29, 0.717) is 48.9 Å². The van der Waals surface area contributed by atoms with E-state index in [1.54, 1.807) is 22.3 Å². The number of amides is 1. The number of carbonyl (C=O) groups excluding carboxylic acids is 1. The molecule has 1 atom stereocenters. The van der Waals surface area contributed by atoms with Crippen LogP contribution in [0.3, 0.4) is 0 Å². The highest BCUT2D eigenvalue weighted by molar-refractivity contribution is 6.47. The summed E-state index contributed by atoms with van der Waals surface area (Å²) in [4.78, 5) is 30.1. The lowest BCUT2D eigenvalue weighted by Gasteiger charge is -2.40. The van der Waals surface area contributed by atoms with Crippen LogP contribution in [0.4, 0.5) is 4.79 Å². The Morgan fingerprint density at radius 2 is 1.93 bits per heavy atom. The number of nitrogens with two attached hydrogens (primary N) is 1. The summed E-state index contributed by atoms with van der Waals surface area (Å²) in [7, 11) is 0. The van der Waals surface area contributed by atoms with Crippen molar-refractivity contribution >= 4 is 28.6 Å². The van der Waals surface area contributed by atoms with E-state index in [1.807, 2.05) is 65.0 Å². The van der Waals surface area contributed by atoms with Crippen LogP contribution < -0.4 is 10.6 Å². The molecule has 3 aromatic rings. The number of rotatable bonds is 7. The van der Waals surface area contributed by atoms with Crippen LogP contribution in [-0.2, 0) is 4.74 Å². The van der Waals surface area contributed by atoms with Gasteiger partial charge in [0.05, 0.1) is 35.3 Å². The highest BCUT2D eigenvalue weighted by Crippen LogP contribution is 2.35. The number of hydrogen-bond acceptors (Lipinski definition) is 10. The maximum Gasteiger partial charge on any atom is 0.410 e. The molecule has 1 amide bonds. The van der Waals surface area contributed by atoms with Gasteiger partial charge in [0.1, 0.15) is 28.7 Å². The van der Waals surface area contributed by atoms with E-state index in [4.69, 9.17) is 25.3 Å². The molecule has 2 N–H and O–H groups in total. The van der Waals surface area contributed by atoms with Gasteiger partial charge in [0.2, 0.25) is 0 Å². The van der Waals surface area contributed by atoms with E-state index in [0.717, 1.165) is 29.6 Å². The topological polar surface area (TPSA) is 147 Å². The van der Waals surface area contributed by atoms with Gasteiger partial charge in [-0.2, -0.15) is 10.4 Å². The number of ether oxygens (including phenoxy) is 2. The zero-order valence-corrected chi connectivity index (χ0v) is 25.4. The molecule has 0 bridgehead atoms. The lowest BCUT2D eigenvalue weighted by molar-refractivity contribution is 0.00147. The fourth-order valence-corrected chi connectivity index (χ4v) is 5.42. The van der Waals surface area contributed by atoms with Gasteiger partial charge in [-0.15, -0.1) is 0 Å². The highest BCUT2D eigenvalue weighted by Gasteiger charge is 2.36. The molecule has 4 heterocycles. The standard InChI is InChI=1S/C31H39N9O3/c1-20(36-23-9-12-38(18-32)13-10-23)28(37-33)22-14-26-29(27(15-22)42-21(2)25-8-6-7-11-34-25)40(19-35-26)24-16-39(17-24)30(41)43-31(3,4)5/h6-8,11,14-15,19,21,23-24H,9-10,12-13,16-17,33H2,1-5H3/b36-20?,37-28+. The van der Waals surface area contributed by atoms with Crippen molar-refractivity contribution in [2.24, 2.45) is 15.9 Å². The number of benzene rings is 1. The first-order chi connectivity index (χ1) is 20.6. The molecule has 0 aliphatic carbocycles. The first-order valence-electron chi connectivity index (χ1n) is 14.6. The molecular weight excluding hydrogens is 546 g/mol. The molecule has 2 fully saturated rings. The van der Waals surface area contributed by atoms with Gasteiger partial charge >= 0.3 is 6.09 Å². The molecule has 2 saturated heterocycles. The number of aromatic nitrogens is 3. The summed E-state index contributed by atoms with van der Waals surface area (Å²) < 4.78 is 14.2. The third kappa shape index (κ3) is 6.71. The monoisotopic (exact) mass is 585 g/mol. The first kappa shape index (κ1) is 29.8. The number of aliphatic imine (C=N–C) groups is 1. The van der Waals surface area contributed by atoms with Gasteiger partial charge in [0.15, 0.2) is 6.19 Å². The molecular formula is C31H39N9O3. The fraction of sp³-hybridized carbons (Fsp3) is 0.484. The van der Waals surface area contributed by atoms with Crippen LogP contribution in [0.25, 0.3) is 11.0 Å². The van der Waals surface area contributed by atoms with Crippen molar-refractivity contribution in [2.75, 3.05) is 26.2 Å². The predicted molar refractivity (Wildman–Crippen MR) is 164 cm³/mol. The Balaban J connectivity index is 1.46. The number of hydrogen-bond donors (Lipinski definition) is 1. The number of nitriles is 1. The zero-order valence-electron chi connectivity index (χ0n) is 25.4. The molecule has 0 spiro atoms. The summed E-state index contributed by atoms with van der Waals surface area (Å²) >= 11 is 0. The quantitative estimate of drug-likeness (QED) is 0.185. The van der Waals surface area contributed by atoms with Gasteiger partial charge in [0, 0.05) is 37.9 Å². The minimum atomic E-state index is -0.555. The van der Waals surface area contributed by atoms with Gasteiger partial charge in [-0.05, 0) is 71.7 Å². The van der Waals surface area contributed by atoms with Gasteiger partial charge in [0.25, 0.3) is 0 Å². The number of pyridine rings is 1. The number of hydrazone groups is 1. The predicted octanol–water partition coefficient (Wildman–Crippen LogP) is 4.43. The van der Waals surface area contributed by atoms with Crippen molar-refractivity contribution in [1.82, 2.24) is 24.3 Å². The second-order valence-corrected chi connectivity index (χ2v) is 12.1. The van der Waals surface area contributed by atoms with Crippen LogP contribution in [0.2, 0.25) is 0 Å². The Morgan fingerprint density at radius 3 is 2.56 bits per heavy atom. The molecule has 226 valence electrons. The van der Waals surface area contributed by atoms with Crippen molar-refractivity contribution in [3.8, 4) is 11.9 Å². The van der Waals surface area contributed by atoms with Crippen LogP contribution in [0, 0.1) is 11.5 Å². The second kappa shape index (κ2) is 12.3. The lowest BCUT2D eigenvalue weighted by Crippen LogP contribution is -2.52. The minimum Gasteiger partial charge on any atom is -0.482 e. The van der Waals surface area contributed by atoms with Crippen molar-refractivity contribution < 1.29 is 14.3 Å². The normalized spacial score (nSPS) is 17.9. The lowest BCUT2D eigenvalue weighted by atomic mass is 10.0. The van der Waals surface area contributed by atoms with E-state index < -0.39 is 5.60 Å². The van der Waals surface area contributed by atoms with Crippen LogP contribution in [0.15, 0.2) is 52.9 Å². The molecule has 2 aliphatic rings. The smallest absolute Gasteiger partial charge is 0.410 e. The molecule has 12 heteroatoms. The van der Waals surface area contributed by atoms with Gasteiger partial charge in [-0.25, -0.2) is 9.78 Å². The molecule has 1 aromatic carbocycles.